The summed E-state index contributed by atoms with van der Waals surface area (Å²) in [4.78, 5) is 12.4. The van der Waals surface area contributed by atoms with Gasteiger partial charge in [0.05, 0.1) is 22.3 Å². The number of rotatable bonds is 7. The van der Waals surface area contributed by atoms with Crippen LogP contribution < -0.4 is 10.1 Å². The van der Waals surface area contributed by atoms with Crippen molar-refractivity contribution in [2.45, 2.75) is 45.0 Å². The van der Waals surface area contributed by atoms with Crippen molar-refractivity contribution < 1.29 is 27.1 Å². The standard InChI is InChI=1S/C21H20ClF4N5O2/c1-10-19(33-21(25,26)11(2)23)29-30(3)20(10)31-9-13(8-27-31)12-6-15(17(22)16(24)7-12)18(32)28-14-4-5-14/h6-9,11,14H,4-5H2,1-3H3,(H,28,32). The van der Waals surface area contributed by atoms with Gasteiger partial charge in [0, 0.05) is 24.8 Å². The van der Waals surface area contributed by atoms with Crippen molar-refractivity contribution >= 4 is 17.5 Å². The van der Waals surface area contributed by atoms with Crippen molar-refractivity contribution in [1.82, 2.24) is 24.9 Å². The number of carbonyl (C=O) groups excluding carboxylic acids is 1. The molecule has 3 aromatic rings. The number of alkyl halides is 3. The predicted octanol–water partition coefficient (Wildman–Crippen LogP) is 4.60. The van der Waals surface area contributed by atoms with E-state index in [0.29, 0.717) is 18.1 Å². The lowest BCUT2D eigenvalue weighted by Gasteiger charge is -2.17. The number of hydrogen-bond acceptors (Lipinski definition) is 4. The number of hydrogen-bond donors (Lipinski definition) is 1. The third-order valence-corrected chi connectivity index (χ3v) is 5.60. The Bertz CT molecular complexity index is 1220. The normalized spacial score (nSPS) is 14.9. The smallest absolute Gasteiger partial charge is 0.410 e. The van der Waals surface area contributed by atoms with Crippen LogP contribution in [-0.4, -0.2) is 43.8 Å². The van der Waals surface area contributed by atoms with E-state index >= 15 is 0 Å². The van der Waals surface area contributed by atoms with Gasteiger partial charge in [-0.15, -0.1) is 5.10 Å². The van der Waals surface area contributed by atoms with Crippen LogP contribution in [0.1, 0.15) is 35.7 Å². The maximum atomic E-state index is 14.5. The average molecular weight is 486 g/mol. The van der Waals surface area contributed by atoms with Crippen molar-refractivity contribution in [3.63, 3.8) is 0 Å². The molecule has 0 spiro atoms. The van der Waals surface area contributed by atoms with Crippen LogP contribution in [0.5, 0.6) is 5.88 Å². The SMILES string of the molecule is Cc1c(OC(F)(F)C(C)F)nn(C)c1-n1cc(-c2cc(F)c(Cl)c(C(=O)NC3CC3)c2)cn1. The van der Waals surface area contributed by atoms with Gasteiger partial charge in [-0.3, -0.25) is 4.79 Å². The summed E-state index contributed by atoms with van der Waals surface area (Å²) in [7, 11) is 1.48. The summed E-state index contributed by atoms with van der Waals surface area (Å²) in [6.45, 7) is 2.16. The maximum absolute atomic E-state index is 14.5. The zero-order chi connectivity index (χ0) is 24.1. The second-order valence-electron chi connectivity index (χ2n) is 7.90. The molecule has 1 N–H and O–H groups in total. The molecular formula is C21H20ClF4N5O2. The zero-order valence-corrected chi connectivity index (χ0v) is 18.6. The molecule has 7 nitrogen and oxygen atoms in total. The second kappa shape index (κ2) is 8.36. The predicted molar refractivity (Wildman–Crippen MR) is 112 cm³/mol. The first kappa shape index (κ1) is 23.1. The van der Waals surface area contributed by atoms with E-state index in [1.165, 1.54) is 47.9 Å². The van der Waals surface area contributed by atoms with Crippen LogP contribution in [0.25, 0.3) is 16.9 Å². The Hall–Kier alpha value is -3.08. The fourth-order valence-corrected chi connectivity index (χ4v) is 3.42. The molecule has 2 aromatic heterocycles. The quantitative estimate of drug-likeness (QED) is 0.497. The number of halogens is 5. The van der Waals surface area contributed by atoms with Crippen molar-refractivity contribution in [2.75, 3.05) is 0 Å². The third kappa shape index (κ3) is 4.54. The van der Waals surface area contributed by atoms with Crippen LogP contribution >= 0.6 is 11.6 Å². The Morgan fingerprint density at radius 2 is 2.03 bits per heavy atom. The zero-order valence-electron chi connectivity index (χ0n) is 17.9. The van der Waals surface area contributed by atoms with Gasteiger partial charge >= 0.3 is 6.11 Å². The summed E-state index contributed by atoms with van der Waals surface area (Å²) < 4.78 is 62.0. The Kier molecular flexibility index (Phi) is 5.85. The fraction of sp³-hybridized carbons (Fsp3) is 0.381. The van der Waals surface area contributed by atoms with Crippen LogP contribution in [0, 0.1) is 12.7 Å². The molecule has 1 aliphatic rings. The van der Waals surface area contributed by atoms with Crippen molar-refractivity contribution in [2.24, 2.45) is 7.05 Å². The summed E-state index contributed by atoms with van der Waals surface area (Å²) in [5.41, 5.74) is 0.982. The van der Waals surface area contributed by atoms with Gasteiger partial charge < -0.3 is 10.1 Å². The summed E-state index contributed by atoms with van der Waals surface area (Å²) in [6, 6.07) is 2.70. The highest BCUT2D eigenvalue weighted by Gasteiger charge is 2.41. The number of carbonyl (C=O) groups is 1. The van der Waals surface area contributed by atoms with Gasteiger partial charge in [-0.05, 0) is 44.4 Å². The second-order valence-corrected chi connectivity index (χ2v) is 8.28. The maximum Gasteiger partial charge on any atom is 0.430 e. The molecule has 1 aliphatic carbocycles. The van der Waals surface area contributed by atoms with E-state index in [-0.39, 0.29) is 28.0 Å². The van der Waals surface area contributed by atoms with Gasteiger partial charge in [0.2, 0.25) is 12.1 Å². The van der Waals surface area contributed by atoms with Crippen molar-refractivity contribution in [3.8, 4) is 22.8 Å². The van der Waals surface area contributed by atoms with E-state index < -0.39 is 29.9 Å². The molecule has 12 heteroatoms. The Morgan fingerprint density at radius 1 is 1.33 bits per heavy atom. The lowest BCUT2D eigenvalue weighted by Crippen LogP contribution is -2.34. The average Bonchev–Trinajstić information content (AvgIpc) is 3.34. The molecular weight excluding hydrogens is 466 g/mol. The van der Waals surface area contributed by atoms with Gasteiger partial charge in [-0.25, -0.2) is 18.1 Å². The molecule has 1 aromatic carbocycles. The molecule has 33 heavy (non-hydrogen) atoms. The molecule has 1 fully saturated rings. The van der Waals surface area contributed by atoms with Crippen LogP contribution in [0.2, 0.25) is 5.02 Å². The summed E-state index contributed by atoms with van der Waals surface area (Å²) in [5.74, 6) is -1.41. The van der Waals surface area contributed by atoms with E-state index in [4.69, 9.17) is 11.6 Å². The van der Waals surface area contributed by atoms with Crippen LogP contribution in [0.4, 0.5) is 17.6 Å². The minimum Gasteiger partial charge on any atom is -0.410 e. The topological polar surface area (TPSA) is 74.0 Å². The number of benzene rings is 1. The minimum atomic E-state index is -4.05. The number of nitrogens with zero attached hydrogens (tertiary/aromatic N) is 4. The molecule has 4 rings (SSSR count). The van der Waals surface area contributed by atoms with Crippen LogP contribution in [-0.2, 0) is 7.05 Å². The van der Waals surface area contributed by atoms with E-state index in [9.17, 15) is 22.4 Å². The number of aromatic nitrogens is 4. The van der Waals surface area contributed by atoms with Gasteiger partial charge in [0.1, 0.15) is 5.82 Å². The number of ether oxygens (including phenoxy) is 1. The fourth-order valence-electron chi connectivity index (χ4n) is 3.22. The summed E-state index contributed by atoms with van der Waals surface area (Å²) in [5, 5.41) is 10.6. The van der Waals surface area contributed by atoms with E-state index in [1.54, 1.807) is 0 Å². The van der Waals surface area contributed by atoms with E-state index in [2.05, 4.69) is 20.3 Å². The number of amides is 1. The molecule has 1 saturated carbocycles. The van der Waals surface area contributed by atoms with Crippen LogP contribution in [0.15, 0.2) is 24.5 Å². The van der Waals surface area contributed by atoms with Gasteiger partial charge in [-0.2, -0.15) is 13.9 Å². The molecule has 0 aliphatic heterocycles. The van der Waals surface area contributed by atoms with E-state index in [1.807, 2.05) is 0 Å². The summed E-state index contributed by atoms with van der Waals surface area (Å²) in [6.07, 6.45) is -1.94. The molecule has 1 atom stereocenters. The van der Waals surface area contributed by atoms with E-state index in [0.717, 1.165) is 12.8 Å². The van der Waals surface area contributed by atoms with Crippen LogP contribution in [0.3, 0.4) is 0 Å². The highest BCUT2D eigenvalue weighted by Crippen LogP contribution is 2.33. The Balaban J connectivity index is 1.66. The molecule has 0 radical (unpaired) electrons. The van der Waals surface area contributed by atoms with Gasteiger partial charge in [0.15, 0.2) is 5.82 Å². The molecule has 2 heterocycles. The number of aryl methyl sites for hydroxylation is 1. The van der Waals surface area contributed by atoms with Crippen molar-refractivity contribution in [3.05, 3.63) is 46.5 Å². The lowest BCUT2D eigenvalue weighted by molar-refractivity contribution is -0.217. The first-order chi connectivity index (χ1) is 15.5. The summed E-state index contributed by atoms with van der Waals surface area (Å²) >= 11 is 6.00. The highest BCUT2D eigenvalue weighted by molar-refractivity contribution is 6.34. The molecule has 0 saturated heterocycles. The first-order valence-electron chi connectivity index (χ1n) is 10.1. The monoisotopic (exact) mass is 485 g/mol. The van der Waals surface area contributed by atoms with Gasteiger partial charge in [0.25, 0.3) is 5.91 Å². The molecule has 176 valence electrons. The largest absolute Gasteiger partial charge is 0.430 e. The van der Waals surface area contributed by atoms with Crippen molar-refractivity contribution in [1.29, 1.82) is 0 Å². The highest BCUT2D eigenvalue weighted by atomic mass is 35.5. The molecule has 0 bridgehead atoms. The molecule has 1 unspecified atom stereocenters. The third-order valence-electron chi connectivity index (χ3n) is 5.22. The molecule has 1 amide bonds. The lowest BCUT2D eigenvalue weighted by atomic mass is 10.1. The Labute approximate surface area is 191 Å². The minimum absolute atomic E-state index is 0.00119. The first-order valence-corrected chi connectivity index (χ1v) is 10.5. The van der Waals surface area contributed by atoms with Gasteiger partial charge in [-0.1, -0.05) is 11.6 Å². The Morgan fingerprint density at radius 3 is 2.67 bits per heavy atom. The number of nitrogens with one attached hydrogen (secondary N) is 1.